The van der Waals surface area contributed by atoms with Gasteiger partial charge in [0.05, 0.1) is 17.0 Å². The standard InChI is InChI=1S/C20H18FN3O/c1-20-10-13(11-22)17(25)9-14(20)6-7-16-18(24(2)23-19(16)20)12-4-3-5-15(21)8-12/h3-5,8,10,14H,6-7,9H2,1-2H3. The van der Waals surface area contributed by atoms with Gasteiger partial charge < -0.3 is 0 Å². The summed E-state index contributed by atoms with van der Waals surface area (Å²) in [5.41, 5.74) is 3.51. The number of aryl methyl sites for hydroxylation is 1. The first-order valence-electron chi connectivity index (χ1n) is 8.42. The molecule has 0 spiro atoms. The molecule has 0 saturated carbocycles. The molecule has 2 aliphatic carbocycles. The third-order valence-electron chi connectivity index (χ3n) is 5.64. The Morgan fingerprint density at radius 2 is 2.24 bits per heavy atom. The van der Waals surface area contributed by atoms with Gasteiger partial charge in [-0.15, -0.1) is 0 Å². The van der Waals surface area contributed by atoms with E-state index in [4.69, 9.17) is 5.10 Å². The second-order valence-electron chi connectivity index (χ2n) is 7.13. The van der Waals surface area contributed by atoms with Crippen LogP contribution < -0.4 is 0 Å². The second kappa shape index (κ2) is 5.38. The van der Waals surface area contributed by atoms with Gasteiger partial charge in [-0.1, -0.05) is 25.1 Å². The summed E-state index contributed by atoms with van der Waals surface area (Å²) in [7, 11) is 1.86. The summed E-state index contributed by atoms with van der Waals surface area (Å²) >= 11 is 0. The lowest BCUT2D eigenvalue weighted by molar-refractivity contribution is -0.117. The number of allylic oxidation sites excluding steroid dienone is 2. The highest BCUT2D eigenvalue weighted by molar-refractivity contribution is 6.00. The highest BCUT2D eigenvalue weighted by Gasteiger charge is 2.46. The van der Waals surface area contributed by atoms with Gasteiger partial charge in [-0.3, -0.25) is 9.48 Å². The van der Waals surface area contributed by atoms with Gasteiger partial charge >= 0.3 is 0 Å². The molecule has 25 heavy (non-hydrogen) atoms. The van der Waals surface area contributed by atoms with Crippen molar-refractivity contribution in [1.82, 2.24) is 9.78 Å². The Kier molecular flexibility index (Phi) is 3.40. The minimum Gasteiger partial charge on any atom is -0.293 e. The van der Waals surface area contributed by atoms with E-state index in [2.05, 4.69) is 6.92 Å². The minimum absolute atomic E-state index is 0.0743. The molecule has 2 unspecified atom stereocenters. The fourth-order valence-corrected chi connectivity index (χ4v) is 4.36. The van der Waals surface area contributed by atoms with E-state index in [-0.39, 0.29) is 23.1 Å². The lowest BCUT2D eigenvalue weighted by Gasteiger charge is -2.40. The normalized spacial score (nSPS) is 25.0. The minimum atomic E-state index is -0.435. The zero-order valence-corrected chi connectivity index (χ0v) is 14.2. The Bertz CT molecular complexity index is 966. The van der Waals surface area contributed by atoms with E-state index in [1.165, 1.54) is 12.1 Å². The first-order valence-corrected chi connectivity index (χ1v) is 8.42. The van der Waals surface area contributed by atoms with Gasteiger partial charge in [-0.2, -0.15) is 10.4 Å². The molecule has 2 atom stereocenters. The zero-order chi connectivity index (χ0) is 17.8. The number of halogens is 1. The van der Waals surface area contributed by atoms with E-state index in [9.17, 15) is 14.4 Å². The van der Waals surface area contributed by atoms with E-state index in [1.807, 2.05) is 19.2 Å². The number of carbonyl (C=O) groups is 1. The molecule has 1 heterocycles. The van der Waals surface area contributed by atoms with Gasteiger partial charge in [0.1, 0.15) is 11.9 Å². The number of hydrogen-bond acceptors (Lipinski definition) is 3. The molecule has 1 aromatic heterocycles. The number of aromatic nitrogens is 2. The first kappa shape index (κ1) is 15.8. The van der Waals surface area contributed by atoms with Gasteiger partial charge in [-0.25, -0.2) is 4.39 Å². The van der Waals surface area contributed by atoms with Crippen molar-refractivity contribution in [2.24, 2.45) is 13.0 Å². The summed E-state index contributed by atoms with van der Waals surface area (Å²) in [4.78, 5) is 12.1. The van der Waals surface area contributed by atoms with Crippen molar-refractivity contribution in [3.8, 4) is 17.3 Å². The fourth-order valence-electron chi connectivity index (χ4n) is 4.36. The molecular weight excluding hydrogens is 317 g/mol. The zero-order valence-electron chi connectivity index (χ0n) is 14.2. The molecule has 0 saturated heterocycles. The predicted octanol–water partition coefficient (Wildman–Crippen LogP) is 3.47. The van der Waals surface area contributed by atoms with Gasteiger partial charge in [0.15, 0.2) is 5.78 Å². The van der Waals surface area contributed by atoms with Crippen LogP contribution in [0.3, 0.4) is 0 Å². The first-order chi connectivity index (χ1) is 11.9. The number of nitriles is 1. The number of carbonyl (C=O) groups excluding carboxylic acids is 1. The van der Waals surface area contributed by atoms with Crippen LogP contribution in [0.4, 0.5) is 4.39 Å². The molecule has 4 nitrogen and oxygen atoms in total. The number of fused-ring (bicyclic) bond motifs is 3. The summed E-state index contributed by atoms with van der Waals surface area (Å²) < 4.78 is 15.5. The van der Waals surface area contributed by atoms with E-state index in [0.717, 1.165) is 35.4 Å². The van der Waals surface area contributed by atoms with E-state index < -0.39 is 5.41 Å². The average molecular weight is 335 g/mol. The third-order valence-corrected chi connectivity index (χ3v) is 5.64. The molecule has 5 heteroatoms. The van der Waals surface area contributed by atoms with Crippen LogP contribution in [0.5, 0.6) is 0 Å². The van der Waals surface area contributed by atoms with Crippen molar-refractivity contribution in [2.75, 3.05) is 0 Å². The van der Waals surface area contributed by atoms with Crippen molar-refractivity contribution in [2.45, 2.75) is 31.6 Å². The quantitative estimate of drug-likeness (QED) is 0.802. The van der Waals surface area contributed by atoms with Gasteiger partial charge in [-0.05, 0) is 30.9 Å². The summed E-state index contributed by atoms with van der Waals surface area (Å²) in [6, 6.07) is 8.56. The van der Waals surface area contributed by atoms with E-state index in [1.54, 1.807) is 16.8 Å². The Balaban J connectivity index is 1.92. The number of rotatable bonds is 1. The van der Waals surface area contributed by atoms with Crippen LogP contribution in [0.15, 0.2) is 35.9 Å². The summed E-state index contributed by atoms with van der Waals surface area (Å²) in [6.45, 7) is 2.06. The van der Waals surface area contributed by atoms with Crippen LogP contribution in [0, 0.1) is 23.1 Å². The molecule has 0 N–H and O–H groups in total. The van der Waals surface area contributed by atoms with Crippen molar-refractivity contribution in [3.05, 3.63) is 53.0 Å². The molecule has 4 rings (SSSR count). The summed E-state index contributed by atoms with van der Waals surface area (Å²) in [5.74, 6) is -0.197. The van der Waals surface area contributed by atoms with Gasteiger partial charge in [0.25, 0.3) is 0 Å². The maximum Gasteiger partial charge on any atom is 0.173 e. The molecule has 126 valence electrons. The molecule has 2 aliphatic rings. The monoisotopic (exact) mass is 335 g/mol. The molecular formula is C20H18FN3O. The van der Waals surface area contributed by atoms with Gasteiger partial charge in [0, 0.05) is 30.0 Å². The topological polar surface area (TPSA) is 58.7 Å². The number of benzene rings is 1. The molecule has 1 aromatic carbocycles. The highest BCUT2D eigenvalue weighted by atomic mass is 19.1. The van der Waals surface area contributed by atoms with Crippen LogP contribution in [0.2, 0.25) is 0 Å². The van der Waals surface area contributed by atoms with Crippen LogP contribution in [0.25, 0.3) is 11.3 Å². The maximum absolute atomic E-state index is 13.7. The number of Topliss-reactive ketones (excluding diaryl/α,β-unsaturated/α-hetero) is 1. The Labute approximate surface area is 145 Å². The predicted molar refractivity (Wildman–Crippen MR) is 91.1 cm³/mol. The molecule has 0 aliphatic heterocycles. The smallest absolute Gasteiger partial charge is 0.173 e. The van der Waals surface area contributed by atoms with E-state index in [0.29, 0.717) is 6.42 Å². The molecule has 0 bridgehead atoms. The molecule has 0 amide bonds. The Morgan fingerprint density at radius 1 is 1.44 bits per heavy atom. The third kappa shape index (κ3) is 2.25. The molecule has 0 radical (unpaired) electrons. The number of ketones is 1. The number of nitrogens with zero attached hydrogens (tertiary/aromatic N) is 3. The Morgan fingerprint density at radius 3 is 2.96 bits per heavy atom. The Hall–Kier alpha value is -2.74. The largest absolute Gasteiger partial charge is 0.293 e. The van der Waals surface area contributed by atoms with Crippen molar-refractivity contribution in [3.63, 3.8) is 0 Å². The number of hydrogen-bond donors (Lipinski definition) is 0. The fraction of sp³-hybridized carbons (Fsp3) is 0.350. The SMILES string of the molecule is Cn1nc2c(c1-c1cccc(F)c1)CCC1CC(=O)C(C#N)=CC21C. The summed E-state index contributed by atoms with van der Waals surface area (Å²) in [6.07, 6.45) is 3.85. The van der Waals surface area contributed by atoms with Crippen molar-refractivity contribution in [1.29, 1.82) is 5.26 Å². The van der Waals surface area contributed by atoms with Crippen molar-refractivity contribution < 1.29 is 9.18 Å². The lowest BCUT2D eigenvalue weighted by atomic mass is 9.61. The average Bonchev–Trinajstić information content (AvgIpc) is 2.92. The molecule has 0 fully saturated rings. The van der Waals surface area contributed by atoms with Gasteiger partial charge in [0.2, 0.25) is 0 Å². The second-order valence-corrected chi connectivity index (χ2v) is 7.13. The van der Waals surface area contributed by atoms with Crippen LogP contribution in [-0.4, -0.2) is 15.6 Å². The van der Waals surface area contributed by atoms with Crippen LogP contribution in [-0.2, 0) is 23.7 Å². The molecule has 2 aromatic rings. The van der Waals surface area contributed by atoms with Crippen molar-refractivity contribution >= 4 is 5.78 Å². The maximum atomic E-state index is 13.7. The summed E-state index contributed by atoms with van der Waals surface area (Å²) in [5, 5.41) is 14.0. The van der Waals surface area contributed by atoms with Crippen LogP contribution >= 0.6 is 0 Å². The highest BCUT2D eigenvalue weighted by Crippen LogP contribution is 2.49. The van der Waals surface area contributed by atoms with Crippen LogP contribution in [0.1, 0.15) is 31.0 Å². The lowest BCUT2D eigenvalue weighted by Crippen LogP contribution is -2.40. The van der Waals surface area contributed by atoms with E-state index >= 15 is 0 Å².